The Morgan fingerprint density at radius 3 is 2.43 bits per heavy atom. The maximum Gasteiger partial charge on any atom is 0.349 e. The Labute approximate surface area is 214 Å². The van der Waals surface area contributed by atoms with Crippen LogP contribution < -0.4 is 20.4 Å². The van der Waals surface area contributed by atoms with Crippen LogP contribution in [-0.4, -0.2) is 18.5 Å². The summed E-state index contributed by atoms with van der Waals surface area (Å²) in [6, 6.07) is 22.6. The summed E-state index contributed by atoms with van der Waals surface area (Å²) >= 11 is 0. The molecule has 1 unspecified atom stereocenters. The molecule has 3 aromatic carbocycles. The van der Waals surface area contributed by atoms with Crippen molar-refractivity contribution in [3.05, 3.63) is 112 Å². The molecular weight excluding hydrogens is 470 g/mol. The van der Waals surface area contributed by atoms with E-state index in [-0.39, 0.29) is 22.9 Å². The van der Waals surface area contributed by atoms with E-state index in [4.69, 9.17) is 13.9 Å². The van der Waals surface area contributed by atoms with E-state index in [1.165, 1.54) is 18.2 Å². The van der Waals surface area contributed by atoms with E-state index in [2.05, 4.69) is 5.32 Å². The minimum Gasteiger partial charge on any atom is -0.494 e. The van der Waals surface area contributed by atoms with Crippen LogP contribution in [0, 0.1) is 0 Å². The molecule has 4 aromatic rings. The molecule has 1 N–H and O–H groups in total. The van der Waals surface area contributed by atoms with Gasteiger partial charge in [0.25, 0.3) is 5.91 Å². The zero-order valence-corrected chi connectivity index (χ0v) is 20.6. The number of ether oxygens (including phenoxy) is 2. The van der Waals surface area contributed by atoms with E-state index >= 15 is 0 Å². The maximum atomic E-state index is 12.7. The summed E-state index contributed by atoms with van der Waals surface area (Å²) in [7, 11) is 0. The van der Waals surface area contributed by atoms with Gasteiger partial charge in [-0.3, -0.25) is 4.79 Å². The van der Waals surface area contributed by atoms with Crippen molar-refractivity contribution in [2.45, 2.75) is 26.3 Å². The summed E-state index contributed by atoms with van der Waals surface area (Å²) in [5.74, 6) is -0.134. The lowest BCUT2D eigenvalue weighted by molar-refractivity contribution is -0.128. The van der Waals surface area contributed by atoms with Crippen LogP contribution in [0.2, 0.25) is 0 Å². The standard InChI is InChI=1S/C30H27NO6/c1-3-17-35-24-13-9-21(10-14-24)11-16-28(32)36-25-15-12-23-18-26(30(34)37-27(23)19-25)29(33)31-20(2)22-7-5-4-6-8-22/h4-16,18-20H,3,17H2,1-2H3,(H,31,33)/b16-11+. The zero-order chi connectivity index (χ0) is 26.2. The number of hydrogen-bond donors (Lipinski definition) is 1. The Kier molecular flexibility index (Phi) is 8.15. The highest BCUT2D eigenvalue weighted by Crippen LogP contribution is 2.22. The van der Waals surface area contributed by atoms with Gasteiger partial charge in [-0.25, -0.2) is 9.59 Å². The molecule has 1 atom stereocenters. The van der Waals surface area contributed by atoms with Gasteiger partial charge in [-0.1, -0.05) is 49.4 Å². The minimum atomic E-state index is -0.778. The third-order valence-corrected chi connectivity index (χ3v) is 5.58. The van der Waals surface area contributed by atoms with E-state index in [0.29, 0.717) is 12.0 Å². The van der Waals surface area contributed by atoms with Gasteiger partial charge in [0, 0.05) is 17.5 Å². The molecule has 4 rings (SSSR count). The van der Waals surface area contributed by atoms with Crippen LogP contribution in [0.1, 0.15) is 47.8 Å². The number of esters is 1. The average Bonchev–Trinajstić information content (AvgIpc) is 2.91. The van der Waals surface area contributed by atoms with Gasteiger partial charge < -0.3 is 19.2 Å². The number of hydrogen-bond acceptors (Lipinski definition) is 6. The molecule has 0 fully saturated rings. The molecule has 0 aliphatic rings. The molecule has 1 amide bonds. The fourth-order valence-corrected chi connectivity index (χ4v) is 3.62. The highest BCUT2D eigenvalue weighted by atomic mass is 16.5. The molecule has 0 spiro atoms. The van der Waals surface area contributed by atoms with Gasteiger partial charge in [0.15, 0.2) is 0 Å². The van der Waals surface area contributed by atoms with Crippen molar-refractivity contribution in [2.24, 2.45) is 0 Å². The Balaban J connectivity index is 1.42. The molecule has 188 valence electrons. The molecule has 37 heavy (non-hydrogen) atoms. The number of carbonyl (C=O) groups excluding carboxylic acids is 2. The Bertz CT molecular complexity index is 1470. The second kappa shape index (κ2) is 11.9. The van der Waals surface area contributed by atoms with Crippen molar-refractivity contribution >= 4 is 28.9 Å². The molecule has 1 heterocycles. The Hall–Kier alpha value is -4.65. The number of rotatable bonds is 9. The van der Waals surface area contributed by atoms with Crippen LogP contribution in [0.25, 0.3) is 17.0 Å². The molecule has 0 saturated heterocycles. The summed E-state index contributed by atoms with van der Waals surface area (Å²) in [4.78, 5) is 37.5. The number of nitrogens with one attached hydrogen (secondary N) is 1. The second-order valence-corrected chi connectivity index (χ2v) is 8.42. The molecular formula is C30H27NO6. The topological polar surface area (TPSA) is 94.8 Å². The molecule has 0 saturated carbocycles. The molecule has 0 aliphatic heterocycles. The third-order valence-electron chi connectivity index (χ3n) is 5.58. The first-order valence-corrected chi connectivity index (χ1v) is 12.0. The number of carbonyl (C=O) groups is 2. The normalized spacial score (nSPS) is 11.8. The van der Waals surface area contributed by atoms with Crippen LogP contribution in [0.15, 0.2) is 94.2 Å². The fraction of sp³-hybridized carbons (Fsp3) is 0.167. The van der Waals surface area contributed by atoms with E-state index in [9.17, 15) is 14.4 Å². The largest absolute Gasteiger partial charge is 0.494 e. The summed E-state index contributed by atoms with van der Waals surface area (Å²) in [5.41, 5.74) is 1.06. The molecule has 0 bridgehead atoms. The highest BCUT2D eigenvalue weighted by Gasteiger charge is 2.17. The molecule has 0 radical (unpaired) electrons. The predicted octanol–water partition coefficient (Wildman–Crippen LogP) is 5.69. The maximum absolute atomic E-state index is 12.7. The van der Waals surface area contributed by atoms with Gasteiger partial charge in [0.1, 0.15) is 22.6 Å². The van der Waals surface area contributed by atoms with Gasteiger partial charge >= 0.3 is 11.6 Å². The Morgan fingerprint density at radius 1 is 0.973 bits per heavy atom. The quantitative estimate of drug-likeness (QED) is 0.138. The van der Waals surface area contributed by atoms with Crippen LogP contribution >= 0.6 is 0 Å². The van der Waals surface area contributed by atoms with Gasteiger partial charge in [-0.05, 0) is 60.9 Å². The molecule has 7 heteroatoms. The van der Waals surface area contributed by atoms with E-state index < -0.39 is 17.5 Å². The lowest BCUT2D eigenvalue weighted by Gasteiger charge is -2.14. The van der Waals surface area contributed by atoms with Crippen LogP contribution in [0.3, 0.4) is 0 Å². The first kappa shape index (κ1) is 25.4. The lowest BCUT2D eigenvalue weighted by atomic mass is 10.1. The van der Waals surface area contributed by atoms with Crippen molar-refractivity contribution in [2.75, 3.05) is 6.61 Å². The zero-order valence-electron chi connectivity index (χ0n) is 20.6. The van der Waals surface area contributed by atoms with Gasteiger partial charge in [0.2, 0.25) is 0 Å². The summed E-state index contributed by atoms with van der Waals surface area (Å²) in [5, 5.41) is 3.34. The number of benzene rings is 3. The smallest absolute Gasteiger partial charge is 0.349 e. The van der Waals surface area contributed by atoms with E-state index in [1.54, 1.807) is 18.2 Å². The molecule has 1 aromatic heterocycles. The van der Waals surface area contributed by atoms with Gasteiger partial charge in [0.05, 0.1) is 12.6 Å². The first-order valence-electron chi connectivity index (χ1n) is 12.0. The van der Waals surface area contributed by atoms with Crippen molar-refractivity contribution in [3.63, 3.8) is 0 Å². The van der Waals surface area contributed by atoms with E-state index in [0.717, 1.165) is 23.3 Å². The van der Waals surface area contributed by atoms with Crippen LogP contribution in [-0.2, 0) is 4.79 Å². The van der Waals surface area contributed by atoms with E-state index in [1.807, 2.05) is 68.4 Å². The molecule has 7 nitrogen and oxygen atoms in total. The lowest BCUT2D eigenvalue weighted by Crippen LogP contribution is -2.30. The first-order chi connectivity index (χ1) is 17.9. The third kappa shape index (κ3) is 6.73. The summed E-state index contributed by atoms with van der Waals surface area (Å²) < 4.78 is 16.2. The Morgan fingerprint density at radius 2 is 1.70 bits per heavy atom. The fourth-order valence-electron chi connectivity index (χ4n) is 3.62. The van der Waals surface area contributed by atoms with Crippen molar-refractivity contribution in [1.29, 1.82) is 0 Å². The monoisotopic (exact) mass is 497 g/mol. The molecule has 0 aliphatic carbocycles. The SMILES string of the molecule is CCCOc1ccc(/C=C/C(=O)Oc2ccc3cc(C(=O)NC(C)c4ccccc4)c(=O)oc3c2)cc1. The van der Waals surface area contributed by atoms with Crippen LogP contribution in [0.5, 0.6) is 11.5 Å². The minimum absolute atomic E-state index is 0.103. The average molecular weight is 498 g/mol. The van der Waals surface area contributed by atoms with Crippen molar-refractivity contribution < 1.29 is 23.5 Å². The summed E-state index contributed by atoms with van der Waals surface area (Å²) in [6.07, 6.45) is 3.87. The van der Waals surface area contributed by atoms with Crippen molar-refractivity contribution in [1.82, 2.24) is 5.32 Å². The van der Waals surface area contributed by atoms with Crippen molar-refractivity contribution in [3.8, 4) is 11.5 Å². The number of amides is 1. The van der Waals surface area contributed by atoms with Gasteiger partial charge in [-0.15, -0.1) is 0 Å². The highest BCUT2D eigenvalue weighted by molar-refractivity contribution is 5.97. The summed E-state index contributed by atoms with van der Waals surface area (Å²) in [6.45, 7) is 4.52. The predicted molar refractivity (Wildman–Crippen MR) is 142 cm³/mol. The second-order valence-electron chi connectivity index (χ2n) is 8.42. The van der Waals surface area contributed by atoms with Crippen LogP contribution in [0.4, 0.5) is 0 Å². The number of fused-ring (bicyclic) bond motifs is 1. The van der Waals surface area contributed by atoms with Gasteiger partial charge in [-0.2, -0.15) is 0 Å².